The summed E-state index contributed by atoms with van der Waals surface area (Å²) in [6.45, 7) is 5.93. The van der Waals surface area contributed by atoms with Crippen molar-refractivity contribution in [1.29, 1.82) is 0 Å². The van der Waals surface area contributed by atoms with E-state index in [0.29, 0.717) is 17.2 Å². The third kappa shape index (κ3) is 3.47. The van der Waals surface area contributed by atoms with Gasteiger partial charge in [-0.25, -0.2) is 9.89 Å². The Morgan fingerprint density at radius 1 is 1.35 bits per heavy atom. The Balaban J connectivity index is 2.23. The van der Waals surface area contributed by atoms with Gasteiger partial charge in [-0.1, -0.05) is 26.8 Å². The van der Waals surface area contributed by atoms with E-state index in [9.17, 15) is 4.79 Å². The number of hydrazone groups is 1. The first kappa shape index (κ1) is 13.9. The Morgan fingerprint density at radius 2 is 2.15 bits per heavy atom. The number of aromatic nitrogens is 4. The SMILES string of the molecule is CC(C)(C)c1n[nH]c(=O)nc1N/N=C/c1ccccn1. The molecule has 2 N–H and O–H groups in total. The molecule has 0 amide bonds. The maximum atomic E-state index is 11.3. The van der Waals surface area contributed by atoms with Crippen molar-refractivity contribution in [2.45, 2.75) is 26.2 Å². The van der Waals surface area contributed by atoms with Gasteiger partial charge < -0.3 is 0 Å². The Hall–Kier alpha value is -2.57. The summed E-state index contributed by atoms with van der Waals surface area (Å²) in [5, 5.41) is 10.4. The van der Waals surface area contributed by atoms with E-state index in [1.807, 2.05) is 39.0 Å². The molecule has 0 spiro atoms. The number of hydrogen-bond donors (Lipinski definition) is 2. The third-order valence-electron chi connectivity index (χ3n) is 2.47. The maximum absolute atomic E-state index is 11.3. The zero-order chi connectivity index (χ0) is 14.6. The van der Waals surface area contributed by atoms with E-state index in [1.165, 1.54) is 0 Å². The highest BCUT2D eigenvalue weighted by Crippen LogP contribution is 2.24. The maximum Gasteiger partial charge on any atom is 0.363 e. The van der Waals surface area contributed by atoms with E-state index in [-0.39, 0.29) is 5.41 Å². The second-order valence-corrected chi connectivity index (χ2v) is 5.21. The van der Waals surface area contributed by atoms with Crippen LogP contribution in [0.4, 0.5) is 5.82 Å². The van der Waals surface area contributed by atoms with Gasteiger partial charge in [-0.15, -0.1) is 0 Å². The van der Waals surface area contributed by atoms with Crippen LogP contribution >= 0.6 is 0 Å². The lowest BCUT2D eigenvalue weighted by atomic mass is 9.92. The first-order chi connectivity index (χ1) is 9.47. The summed E-state index contributed by atoms with van der Waals surface area (Å²) in [5.74, 6) is 0.341. The van der Waals surface area contributed by atoms with Crippen molar-refractivity contribution in [2.75, 3.05) is 5.43 Å². The zero-order valence-electron chi connectivity index (χ0n) is 11.6. The Morgan fingerprint density at radius 3 is 2.80 bits per heavy atom. The van der Waals surface area contributed by atoms with E-state index in [0.717, 1.165) is 0 Å². The fourth-order valence-electron chi connectivity index (χ4n) is 1.55. The van der Waals surface area contributed by atoms with Crippen LogP contribution in [-0.2, 0) is 5.41 Å². The molecule has 0 radical (unpaired) electrons. The molecule has 7 nitrogen and oxygen atoms in total. The number of hydrogen-bond acceptors (Lipinski definition) is 6. The van der Waals surface area contributed by atoms with Crippen molar-refractivity contribution in [3.63, 3.8) is 0 Å². The van der Waals surface area contributed by atoms with Crippen LogP contribution in [-0.4, -0.2) is 26.4 Å². The Kier molecular flexibility index (Phi) is 3.88. The first-order valence-corrected chi connectivity index (χ1v) is 6.14. The molecule has 0 aliphatic rings. The van der Waals surface area contributed by atoms with Crippen molar-refractivity contribution >= 4 is 12.0 Å². The number of nitrogens with zero attached hydrogens (tertiary/aromatic N) is 4. The Bertz CT molecular complexity index is 657. The second-order valence-electron chi connectivity index (χ2n) is 5.21. The minimum absolute atomic E-state index is 0.264. The summed E-state index contributed by atoms with van der Waals surface area (Å²) in [6, 6.07) is 5.51. The molecule has 0 saturated heterocycles. The predicted molar refractivity (Wildman–Crippen MR) is 76.8 cm³/mol. The second kappa shape index (κ2) is 5.60. The van der Waals surface area contributed by atoms with E-state index in [1.54, 1.807) is 12.4 Å². The number of pyridine rings is 1. The lowest BCUT2D eigenvalue weighted by Gasteiger charge is -2.18. The molecule has 0 aliphatic carbocycles. The van der Waals surface area contributed by atoms with Crippen LogP contribution < -0.4 is 11.1 Å². The zero-order valence-corrected chi connectivity index (χ0v) is 11.6. The summed E-state index contributed by atoms with van der Waals surface area (Å²) in [6.07, 6.45) is 3.23. The topological polar surface area (TPSA) is 95.9 Å². The van der Waals surface area contributed by atoms with Gasteiger partial charge in [0.1, 0.15) is 5.69 Å². The number of rotatable bonds is 3. The van der Waals surface area contributed by atoms with Gasteiger partial charge >= 0.3 is 5.69 Å². The summed E-state index contributed by atoms with van der Waals surface area (Å²) >= 11 is 0. The molecule has 104 valence electrons. The molecule has 2 rings (SSSR count). The summed E-state index contributed by atoms with van der Waals surface area (Å²) in [5.41, 5.74) is 3.30. The van der Waals surface area contributed by atoms with Gasteiger partial charge in [-0.3, -0.25) is 10.4 Å². The monoisotopic (exact) mass is 272 g/mol. The number of anilines is 1. The van der Waals surface area contributed by atoms with Crippen LogP contribution in [0, 0.1) is 0 Å². The van der Waals surface area contributed by atoms with Crippen LogP contribution in [0.15, 0.2) is 34.3 Å². The lowest BCUT2D eigenvalue weighted by Crippen LogP contribution is -2.24. The molecule has 2 aromatic rings. The van der Waals surface area contributed by atoms with E-state index in [4.69, 9.17) is 0 Å². The number of nitrogens with one attached hydrogen (secondary N) is 2. The molecular formula is C13H16N6O. The van der Waals surface area contributed by atoms with E-state index >= 15 is 0 Å². The molecule has 7 heteroatoms. The molecule has 0 aromatic carbocycles. The fraction of sp³-hybridized carbons (Fsp3) is 0.308. The van der Waals surface area contributed by atoms with Crippen LogP contribution in [0.1, 0.15) is 32.2 Å². The average molecular weight is 272 g/mol. The normalized spacial score (nSPS) is 11.8. The highest BCUT2D eigenvalue weighted by molar-refractivity contribution is 5.77. The average Bonchev–Trinajstić information content (AvgIpc) is 2.38. The quantitative estimate of drug-likeness (QED) is 0.648. The third-order valence-corrected chi connectivity index (χ3v) is 2.47. The molecule has 0 aliphatic heterocycles. The van der Waals surface area contributed by atoms with Gasteiger partial charge in [0.25, 0.3) is 0 Å². The molecule has 2 heterocycles. The van der Waals surface area contributed by atoms with Crippen LogP contribution in [0.5, 0.6) is 0 Å². The van der Waals surface area contributed by atoms with Crippen molar-refractivity contribution in [1.82, 2.24) is 20.2 Å². The van der Waals surface area contributed by atoms with Crippen molar-refractivity contribution in [3.8, 4) is 0 Å². The minimum atomic E-state index is -0.520. The predicted octanol–water partition coefficient (Wildman–Crippen LogP) is 1.30. The summed E-state index contributed by atoms with van der Waals surface area (Å²) in [7, 11) is 0. The van der Waals surface area contributed by atoms with Gasteiger partial charge in [0.15, 0.2) is 5.82 Å². The minimum Gasteiger partial charge on any atom is -0.260 e. The van der Waals surface area contributed by atoms with Crippen molar-refractivity contribution in [2.24, 2.45) is 5.10 Å². The molecule has 2 aromatic heterocycles. The fourth-order valence-corrected chi connectivity index (χ4v) is 1.55. The Labute approximate surface area is 116 Å². The number of H-pyrrole nitrogens is 1. The molecule has 0 unspecified atom stereocenters. The van der Waals surface area contributed by atoms with Gasteiger partial charge in [-0.05, 0) is 12.1 Å². The highest BCUT2D eigenvalue weighted by atomic mass is 16.1. The van der Waals surface area contributed by atoms with Crippen molar-refractivity contribution in [3.05, 3.63) is 46.3 Å². The van der Waals surface area contributed by atoms with E-state index in [2.05, 4.69) is 30.7 Å². The molecule has 20 heavy (non-hydrogen) atoms. The summed E-state index contributed by atoms with van der Waals surface area (Å²) in [4.78, 5) is 19.2. The van der Waals surface area contributed by atoms with Crippen LogP contribution in [0.2, 0.25) is 0 Å². The molecule has 0 atom stereocenters. The smallest absolute Gasteiger partial charge is 0.260 e. The first-order valence-electron chi connectivity index (χ1n) is 6.14. The van der Waals surface area contributed by atoms with Gasteiger partial charge in [0.05, 0.1) is 11.9 Å². The highest BCUT2D eigenvalue weighted by Gasteiger charge is 2.21. The molecular weight excluding hydrogens is 256 g/mol. The standard InChI is InChI=1S/C13H16N6O/c1-13(2,3)10-11(16-12(20)19-17-10)18-15-8-9-6-4-5-7-14-9/h4-8H,1-3H3,(H2,16,18,19,20)/b15-8+. The van der Waals surface area contributed by atoms with Gasteiger partial charge in [0, 0.05) is 11.6 Å². The largest absolute Gasteiger partial charge is 0.363 e. The van der Waals surface area contributed by atoms with Crippen molar-refractivity contribution < 1.29 is 0 Å². The lowest BCUT2D eigenvalue weighted by molar-refractivity contribution is 0.553. The van der Waals surface area contributed by atoms with Crippen LogP contribution in [0.3, 0.4) is 0 Å². The summed E-state index contributed by atoms with van der Waals surface area (Å²) < 4.78 is 0. The van der Waals surface area contributed by atoms with E-state index < -0.39 is 5.69 Å². The van der Waals surface area contributed by atoms with Gasteiger partial charge in [0.2, 0.25) is 0 Å². The number of aromatic amines is 1. The van der Waals surface area contributed by atoms with Gasteiger partial charge in [-0.2, -0.15) is 15.2 Å². The molecule has 0 bridgehead atoms. The van der Waals surface area contributed by atoms with Crippen LogP contribution in [0.25, 0.3) is 0 Å². The molecule has 0 fully saturated rings. The molecule has 0 saturated carbocycles.